The summed E-state index contributed by atoms with van der Waals surface area (Å²) in [7, 11) is 0. The molecule has 0 amide bonds. The molecule has 0 saturated carbocycles. The van der Waals surface area contributed by atoms with Crippen molar-refractivity contribution in [3.8, 4) is 0 Å². The summed E-state index contributed by atoms with van der Waals surface area (Å²) < 4.78 is 0. The minimum Gasteiger partial charge on any atom is -0.252 e. The van der Waals surface area contributed by atoms with Crippen LogP contribution in [0.1, 0.15) is 36.6 Å². The highest BCUT2D eigenvalue weighted by molar-refractivity contribution is 6.36. The SMILES string of the molecule is CCCc1cccc2c(Cl)c3c(nc12)CCC3. The van der Waals surface area contributed by atoms with Crippen LogP contribution in [-0.4, -0.2) is 4.98 Å². The van der Waals surface area contributed by atoms with Crippen molar-refractivity contribution in [2.75, 3.05) is 0 Å². The summed E-state index contributed by atoms with van der Waals surface area (Å²) in [4.78, 5) is 4.85. The average molecular weight is 246 g/mol. The molecule has 1 aromatic heterocycles. The second-order valence-electron chi connectivity index (χ2n) is 4.77. The minimum atomic E-state index is 0.945. The van der Waals surface area contributed by atoms with E-state index in [-0.39, 0.29) is 0 Å². The third-order valence-corrected chi connectivity index (χ3v) is 4.01. The maximum Gasteiger partial charge on any atom is 0.0752 e. The van der Waals surface area contributed by atoms with E-state index in [4.69, 9.17) is 16.6 Å². The fourth-order valence-electron chi connectivity index (χ4n) is 2.76. The van der Waals surface area contributed by atoms with Crippen molar-refractivity contribution in [2.45, 2.75) is 39.0 Å². The van der Waals surface area contributed by atoms with Gasteiger partial charge in [-0.25, -0.2) is 0 Å². The first-order valence-corrected chi connectivity index (χ1v) is 6.78. The normalized spacial score (nSPS) is 14.2. The van der Waals surface area contributed by atoms with E-state index >= 15 is 0 Å². The van der Waals surface area contributed by atoms with Crippen molar-refractivity contribution in [2.24, 2.45) is 0 Å². The number of aromatic nitrogens is 1. The van der Waals surface area contributed by atoms with Crippen LogP contribution in [0.4, 0.5) is 0 Å². The summed E-state index contributed by atoms with van der Waals surface area (Å²) in [5.41, 5.74) is 4.97. The monoisotopic (exact) mass is 245 g/mol. The van der Waals surface area contributed by atoms with Gasteiger partial charge in [0.1, 0.15) is 0 Å². The zero-order chi connectivity index (χ0) is 11.8. The van der Waals surface area contributed by atoms with Gasteiger partial charge in [-0.1, -0.05) is 43.1 Å². The number of pyridine rings is 1. The lowest BCUT2D eigenvalue weighted by Crippen LogP contribution is -1.95. The molecule has 0 bridgehead atoms. The molecule has 0 spiro atoms. The zero-order valence-electron chi connectivity index (χ0n) is 10.1. The highest BCUT2D eigenvalue weighted by Gasteiger charge is 2.19. The van der Waals surface area contributed by atoms with Gasteiger partial charge >= 0.3 is 0 Å². The Bertz CT molecular complexity index is 575. The van der Waals surface area contributed by atoms with Crippen LogP contribution in [0.3, 0.4) is 0 Å². The molecule has 88 valence electrons. The van der Waals surface area contributed by atoms with Gasteiger partial charge in [0, 0.05) is 11.1 Å². The van der Waals surface area contributed by atoms with Gasteiger partial charge in [-0.15, -0.1) is 0 Å². The van der Waals surface area contributed by atoms with Crippen molar-refractivity contribution in [1.82, 2.24) is 4.98 Å². The number of nitrogens with zero attached hydrogens (tertiary/aromatic N) is 1. The van der Waals surface area contributed by atoms with Gasteiger partial charge in [0.2, 0.25) is 0 Å². The molecule has 1 aliphatic carbocycles. The number of benzene rings is 1. The van der Waals surface area contributed by atoms with Gasteiger partial charge in [-0.05, 0) is 36.8 Å². The molecule has 17 heavy (non-hydrogen) atoms. The summed E-state index contributed by atoms with van der Waals surface area (Å²) in [6.07, 6.45) is 5.61. The van der Waals surface area contributed by atoms with E-state index in [9.17, 15) is 0 Å². The van der Waals surface area contributed by atoms with Crippen molar-refractivity contribution in [3.63, 3.8) is 0 Å². The number of hydrogen-bond donors (Lipinski definition) is 0. The van der Waals surface area contributed by atoms with Crippen molar-refractivity contribution in [1.29, 1.82) is 0 Å². The fourth-order valence-corrected chi connectivity index (χ4v) is 3.11. The summed E-state index contributed by atoms with van der Waals surface area (Å²) in [6, 6.07) is 6.38. The van der Waals surface area contributed by atoms with Gasteiger partial charge in [-0.3, -0.25) is 4.98 Å². The van der Waals surface area contributed by atoms with E-state index in [2.05, 4.69) is 25.1 Å². The van der Waals surface area contributed by atoms with Gasteiger partial charge in [-0.2, -0.15) is 0 Å². The standard InChI is InChI=1S/C15H16ClN/c1-2-5-10-6-3-8-12-14(16)11-7-4-9-13(11)17-15(10)12/h3,6,8H,2,4-5,7,9H2,1H3. The molecule has 0 unspecified atom stereocenters. The topological polar surface area (TPSA) is 12.9 Å². The number of hydrogen-bond acceptors (Lipinski definition) is 1. The van der Waals surface area contributed by atoms with E-state index in [0.29, 0.717) is 0 Å². The molecule has 0 N–H and O–H groups in total. The average Bonchev–Trinajstić information content (AvgIpc) is 2.79. The predicted octanol–water partition coefficient (Wildman–Crippen LogP) is 4.33. The van der Waals surface area contributed by atoms with E-state index in [1.807, 2.05) is 0 Å². The number of fused-ring (bicyclic) bond motifs is 2. The second kappa shape index (κ2) is 4.30. The van der Waals surface area contributed by atoms with Crippen LogP contribution in [0, 0.1) is 0 Å². The van der Waals surface area contributed by atoms with Crippen molar-refractivity contribution < 1.29 is 0 Å². The first-order chi connectivity index (χ1) is 8.31. The Balaban J connectivity index is 2.31. The van der Waals surface area contributed by atoms with Crippen LogP contribution in [0.5, 0.6) is 0 Å². The fraction of sp³-hybridized carbons (Fsp3) is 0.400. The Morgan fingerprint density at radius 1 is 1.29 bits per heavy atom. The molecular weight excluding hydrogens is 230 g/mol. The Kier molecular flexibility index (Phi) is 2.79. The summed E-state index contributed by atoms with van der Waals surface area (Å²) >= 11 is 6.52. The smallest absolute Gasteiger partial charge is 0.0752 e. The maximum atomic E-state index is 6.52. The number of rotatable bonds is 2. The molecule has 1 heterocycles. The Hall–Kier alpha value is -1.08. The molecule has 1 nitrogen and oxygen atoms in total. The molecule has 3 rings (SSSR count). The molecule has 0 radical (unpaired) electrons. The number of aryl methyl sites for hydroxylation is 2. The van der Waals surface area contributed by atoms with Gasteiger partial charge in [0.15, 0.2) is 0 Å². The van der Waals surface area contributed by atoms with Crippen LogP contribution in [-0.2, 0) is 19.3 Å². The maximum absolute atomic E-state index is 6.52. The van der Waals surface area contributed by atoms with Gasteiger partial charge in [0.25, 0.3) is 0 Å². The zero-order valence-corrected chi connectivity index (χ0v) is 10.8. The van der Waals surface area contributed by atoms with Crippen LogP contribution < -0.4 is 0 Å². The summed E-state index contributed by atoms with van der Waals surface area (Å²) in [6.45, 7) is 2.20. The number of para-hydroxylation sites is 1. The molecule has 2 aromatic rings. The summed E-state index contributed by atoms with van der Waals surface area (Å²) in [5, 5.41) is 2.08. The van der Waals surface area contributed by atoms with Gasteiger partial charge < -0.3 is 0 Å². The van der Waals surface area contributed by atoms with E-state index in [0.717, 1.165) is 41.6 Å². The Labute approximate surface area is 107 Å². The first-order valence-electron chi connectivity index (χ1n) is 6.40. The predicted molar refractivity (Wildman–Crippen MR) is 72.8 cm³/mol. The molecule has 0 atom stereocenters. The minimum absolute atomic E-state index is 0.945. The molecule has 0 saturated heterocycles. The van der Waals surface area contributed by atoms with Gasteiger partial charge in [0.05, 0.1) is 10.5 Å². The molecular formula is C15H16ClN. The Morgan fingerprint density at radius 3 is 3.00 bits per heavy atom. The van der Waals surface area contributed by atoms with Crippen molar-refractivity contribution in [3.05, 3.63) is 40.0 Å². The third-order valence-electron chi connectivity index (χ3n) is 3.58. The highest BCUT2D eigenvalue weighted by Crippen LogP contribution is 2.34. The third kappa shape index (κ3) is 1.73. The lowest BCUT2D eigenvalue weighted by atomic mass is 10.0. The lowest BCUT2D eigenvalue weighted by molar-refractivity contribution is 0.898. The van der Waals surface area contributed by atoms with Crippen LogP contribution in [0.25, 0.3) is 10.9 Å². The van der Waals surface area contributed by atoms with E-state index in [1.54, 1.807) is 0 Å². The quantitative estimate of drug-likeness (QED) is 0.768. The molecule has 0 aliphatic heterocycles. The molecule has 2 heteroatoms. The molecule has 0 fully saturated rings. The largest absolute Gasteiger partial charge is 0.252 e. The Morgan fingerprint density at radius 2 is 2.18 bits per heavy atom. The first kappa shape index (κ1) is 11.0. The highest BCUT2D eigenvalue weighted by atomic mass is 35.5. The second-order valence-corrected chi connectivity index (χ2v) is 5.15. The lowest BCUT2D eigenvalue weighted by Gasteiger charge is -2.10. The van der Waals surface area contributed by atoms with E-state index in [1.165, 1.54) is 23.2 Å². The number of halogens is 1. The molecule has 1 aromatic carbocycles. The van der Waals surface area contributed by atoms with Crippen LogP contribution in [0.2, 0.25) is 5.02 Å². The van der Waals surface area contributed by atoms with Crippen molar-refractivity contribution >= 4 is 22.5 Å². The van der Waals surface area contributed by atoms with Crippen LogP contribution in [0.15, 0.2) is 18.2 Å². The van der Waals surface area contributed by atoms with Crippen LogP contribution >= 0.6 is 11.6 Å². The van der Waals surface area contributed by atoms with E-state index < -0.39 is 0 Å². The molecule has 1 aliphatic rings. The summed E-state index contributed by atoms with van der Waals surface area (Å²) in [5.74, 6) is 0.